The summed E-state index contributed by atoms with van der Waals surface area (Å²) in [6.45, 7) is 10.1. The number of piperidine rings is 1. The molecule has 2 atom stereocenters. The molecule has 1 saturated heterocycles. The van der Waals surface area contributed by atoms with E-state index in [0.717, 1.165) is 25.9 Å². The van der Waals surface area contributed by atoms with Crippen molar-refractivity contribution < 1.29 is 9.59 Å². The van der Waals surface area contributed by atoms with Crippen LogP contribution in [0.2, 0.25) is 0 Å². The average molecular weight is 369 g/mol. The highest BCUT2D eigenvalue weighted by Gasteiger charge is 2.62. The third kappa shape index (κ3) is 3.17. The Kier molecular flexibility index (Phi) is 4.36. The second-order valence-electron chi connectivity index (χ2n) is 9.62. The van der Waals surface area contributed by atoms with Crippen LogP contribution in [0.3, 0.4) is 0 Å². The Morgan fingerprint density at radius 3 is 2.44 bits per heavy atom. The second kappa shape index (κ2) is 6.35. The molecule has 3 aliphatic rings. The quantitative estimate of drug-likeness (QED) is 0.863. The number of carbonyl (C=O) groups is 2. The molecular weight excluding hydrogens is 336 g/mol. The van der Waals surface area contributed by atoms with Gasteiger partial charge in [0.15, 0.2) is 0 Å². The molecule has 4 nitrogen and oxygen atoms in total. The minimum atomic E-state index is -0.194. The van der Waals surface area contributed by atoms with E-state index in [-0.39, 0.29) is 22.8 Å². The van der Waals surface area contributed by atoms with E-state index >= 15 is 0 Å². The first kappa shape index (κ1) is 18.5. The van der Waals surface area contributed by atoms with E-state index in [4.69, 9.17) is 0 Å². The fraction of sp³-hybridized carbons (Fsp3) is 0.652. The zero-order valence-corrected chi connectivity index (χ0v) is 17.0. The van der Waals surface area contributed by atoms with Crippen LogP contribution >= 0.6 is 0 Å². The summed E-state index contributed by atoms with van der Waals surface area (Å²) in [5.74, 6) is 1.62. The van der Waals surface area contributed by atoms with Crippen LogP contribution in [0.15, 0.2) is 24.3 Å². The van der Waals surface area contributed by atoms with Gasteiger partial charge in [0.25, 0.3) is 0 Å². The molecular formula is C23H32N2O2. The van der Waals surface area contributed by atoms with Crippen molar-refractivity contribution in [3.05, 3.63) is 35.4 Å². The third-order valence-electron chi connectivity index (χ3n) is 7.12. The number of nitrogens with one attached hydrogen (secondary N) is 1. The Hall–Kier alpha value is -1.84. The predicted molar refractivity (Wildman–Crippen MR) is 106 cm³/mol. The van der Waals surface area contributed by atoms with Crippen molar-refractivity contribution in [1.29, 1.82) is 0 Å². The van der Waals surface area contributed by atoms with E-state index in [9.17, 15) is 9.59 Å². The van der Waals surface area contributed by atoms with E-state index in [1.165, 1.54) is 17.5 Å². The summed E-state index contributed by atoms with van der Waals surface area (Å²) < 4.78 is 0. The molecule has 1 aromatic carbocycles. The minimum Gasteiger partial charge on any atom is -0.351 e. The number of hydrogen-bond acceptors (Lipinski definition) is 2. The van der Waals surface area contributed by atoms with Crippen molar-refractivity contribution in [2.45, 2.75) is 70.3 Å². The molecule has 4 heteroatoms. The zero-order valence-electron chi connectivity index (χ0n) is 17.0. The van der Waals surface area contributed by atoms with E-state index in [0.29, 0.717) is 24.2 Å². The van der Waals surface area contributed by atoms with E-state index in [1.54, 1.807) is 0 Å². The number of hydrogen-bond donors (Lipinski definition) is 1. The van der Waals surface area contributed by atoms with Crippen LogP contribution in [0, 0.1) is 11.8 Å². The third-order valence-corrected chi connectivity index (χ3v) is 7.12. The largest absolute Gasteiger partial charge is 0.351 e. The predicted octanol–water partition coefficient (Wildman–Crippen LogP) is 3.60. The van der Waals surface area contributed by atoms with Crippen molar-refractivity contribution in [3.63, 3.8) is 0 Å². The molecule has 1 N–H and O–H groups in total. The van der Waals surface area contributed by atoms with Crippen LogP contribution in [0.1, 0.15) is 70.4 Å². The Morgan fingerprint density at radius 2 is 1.85 bits per heavy atom. The number of rotatable bonds is 5. The number of carbonyl (C=O) groups excluding carboxylic acids is 2. The van der Waals surface area contributed by atoms with E-state index in [1.807, 2.05) is 6.92 Å². The molecule has 3 fully saturated rings. The van der Waals surface area contributed by atoms with Crippen LogP contribution in [0.25, 0.3) is 0 Å². The number of benzene rings is 1. The zero-order chi connectivity index (χ0) is 19.4. The molecule has 2 saturated carbocycles. The Morgan fingerprint density at radius 1 is 1.19 bits per heavy atom. The smallest absolute Gasteiger partial charge is 0.225 e. The number of nitrogens with zero attached hydrogens (tertiary/aromatic N) is 1. The van der Waals surface area contributed by atoms with Gasteiger partial charge in [-0.25, -0.2) is 0 Å². The van der Waals surface area contributed by atoms with Gasteiger partial charge in [-0.3, -0.25) is 9.59 Å². The SMILES string of the molecule is CCC(=O)NC1(C)CC(C(=O)N2CC3CC3(c3ccc(C(C)C)cc3)C2)C1. The molecule has 0 aromatic heterocycles. The maximum Gasteiger partial charge on any atom is 0.225 e. The molecule has 2 aliphatic carbocycles. The normalized spacial score (nSPS) is 34.2. The fourth-order valence-electron chi connectivity index (χ4n) is 5.29. The molecule has 1 aliphatic heterocycles. The summed E-state index contributed by atoms with van der Waals surface area (Å²) in [6.07, 6.45) is 3.26. The lowest BCUT2D eigenvalue weighted by atomic mass is 9.68. The van der Waals surface area contributed by atoms with Gasteiger partial charge in [-0.1, -0.05) is 45.0 Å². The van der Waals surface area contributed by atoms with Crippen molar-refractivity contribution in [2.24, 2.45) is 11.8 Å². The molecule has 2 unspecified atom stereocenters. The average Bonchev–Trinajstić information content (AvgIpc) is 3.20. The van der Waals surface area contributed by atoms with Crippen molar-refractivity contribution >= 4 is 11.8 Å². The molecule has 27 heavy (non-hydrogen) atoms. The summed E-state index contributed by atoms with van der Waals surface area (Å²) in [7, 11) is 0. The standard InChI is InChI=1S/C23H32N2O2/c1-5-20(26)24-22(4)10-17(11-22)21(27)25-13-19-12-23(19,14-25)18-8-6-16(7-9-18)15(2)3/h6-9,15,17,19H,5,10-14H2,1-4H3,(H,24,26). The van der Waals surface area contributed by atoms with Crippen molar-refractivity contribution in [3.8, 4) is 0 Å². The van der Waals surface area contributed by atoms with Gasteiger partial charge in [-0.2, -0.15) is 0 Å². The second-order valence-corrected chi connectivity index (χ2v) is 9.62. The van der Waals surface area contributed by atoms with Crippen molar-refractivity contribution in [2.75, 3.05) is 13.1 Å². The summed E-state index contributed by atoms with van der Waals surface area (Å²) in [5.41, 5.74) is 2.79. The van der Waals surface area contributed by atoms with Gasteiger partial charge in [-0.15, -0.1) is 0 Å². The number of amides is 2. The lowest BCUT2D eigenvalue weighted by molar-refractivity contribution is -0.142. The maximum absolute atomic E-state index is 13.0. The Balaban J connectivity index is 1.36. The molecule has 2 amide bonds. The van der Waals surface area contributed by atoms with Crippen LogP contribution in [0.5, 0.6) is 0 Å². The van der Waals surface area contributed by atoms with Gasteiger partial charge in [0.1, 0.15) is 0 Å². The lowest BCUT2D eigenvalue weighted by Gasteiger charge is -2.46. The maximum atomic E-state index is 13.0. The molecule has 146 valence electrons. The summed E-state index contributed by atoms with van der Waals surface area (Å²) >= 11 is 0. The number of fused-ring (bicyclic) bond motifs is 1. The lowest BCUT2D eigenvalue weighted by Crippen LogP contribution is -2.58. The highest BCUT2D eigenvalue weighted by molar-refractivity contribution is 5.82. The first-order valence-electron chi connectivity index (χ1n) is 10.5. The number of likely N-dealkylation sites (tertiary alicyclic amines) is 1. The van der Waals surface area contributed by atoms with Gasteiger partial charge in [0, 0.05) is 36.4 Å². The van der Waals surface area contributed by atoms with Gasteiger partial charge in [-0.05, 0) is 49.1 Å². The topological polar surface area (TPSA) is 49.4 Å². The van der Waals surface area contributed by atoms with Crippen LogP contribution < -0.4 is 5.32 Å². The highest BCUT2D eigenvalue weighted by Crippen LogP contribution is 2.59. The fourth-order valence-corrected chi connectivity index (χ4v) is 5.29. The highest BCUT2D eigenvalue weighted by atomic mass is 16.2. The van der Waals surface area contributed by atoms with Crippen LogP contribution in [-0.4, -0.2) is 35.3 Å². The van der Waals surface area contributed by atoms with Crippen LogP contribution in [-0.2, 0) is 15.0 Å². The molecule has 0 radical (unpaired) electrons. The molecule has 1 heterocycles. The van der Waals surface area contributed by atoms with Gasteiger partial charge >= 0.3 is 0 Å². The summed E-state index contributed by atoms with van der Waals surface area (Å²) in [5, 5.41) is 3.07. The van der Waals surface area contributed by atoms with Crippen molar-refractivity contribution in [1.82, 2.24) is 10.2 Å². The Bertz CT molecular complexity index is 748. The Labute approximate surface area is 162 Å². The molecule has 1 aromatic rings. The first-order chi connectivity index (χ1) is 12.8. The molecule has 4 rings (SSSR count). The first-order valence-corrected chi connectivity index (χ1v) is 10.5. The van der Waals surface area contributed by atoms with Gasteiger partial charge in [0.05, 0.1) is 0 Å². The molecule has 0 bridgehead atoms. The van der Waals surface area contributed by atoms with Gasteiger partial charge < -0.3 is 10.2 Å². The molecule has 0 spiro atoms. The van der Waals surface area contributed by atoms with E-state index < -0.39 is 0 Å². The minimum absolute atomic E-state index is 0.0741. The van der Waals surface area contributed by atoms with Crippen LogP contribution in [0.4, 0.5) is 0 Å². The monoisotopic (exact) mass is 368 g/mol. The summed E-state index contributed by atoms with van der Waals surface area (Å²) in [4.78, 5) is 26.7. The van der Waals surface area contributed by atoms with Gasteiger partial charge in [0.2, 0.25) is 11.8 Å². The summed E-state index contributed by atoms with van der Waals surface area (Å²) in [6, 6.07) is 9.07. The van der Waals surface area contributed by atoms with E-state index in [2.05, 4.69) is 55.3 Å².